The molecule has 0 saturated carbocycles. The number of halogens is 1. The molecule has 132 valence electrons. The first-order valence-electron chi connectivity index (χ1n) is 7.94. The van der Waals surface area contributed by atoms with Gasteiger partial charge in [0.05, 0.1) is 11.3 Å². The topological polar surface area (TPSA) is 87.3 Å². The number of rotatable bonds is 4. The van der Waals surface area contributed by atoms with Crippen LogP contribution in [0.1, 0.15) is 39.1 Å². The van der Waals surface area contributed by atoms with E-state index in [1.54, 1.807) is 32.0 Å². The molecule has 0 atom stereocenters. The van der Waals surface area contributed by atoms with Gasteiger partial charge in [0.15, 0.2) is 4.96 Å². The number of carbonyl (C=O) groups is 1. The normalized spacial score (nSPS) is 10.7. The lowest BCUT2D eigenvalue weighted by atomic mass is 10.1. The lowest BCUT2D eigenvalue weighted by molar-refractivity contribution is 0.0949. The van der Waals surface area contributed by atoms with Crippen molar-refractivity contribution in [2.75, 3.05) is 6.54 Å². The van der Waals surface area contributed by atoms with Crippen molar-refractivity contribution < 1.29 is 9.18 Å². The van der Waals surface area contributed by atoms with Crippen LogP contribution in [0.5, 0.6) is 0 Å². The van der Waals surface area contributed by atoms with Gasteiger partial charge in [-0.25, -0.2) is 13.8 Å². The highest BCUT2D eigenvalue weighted by molar-refractivity contribution is 7.17. The van der Waals surface area contributed by atoms with Gasteiger partial charge in [-0.05, 0) is 25.5 Å². The first-order valence-corrected chi connectivity index (χ1v) is 8.75. The van der Waals surface area contributed by atoms with Crippen LogP contribution in [0.4, 0.5) is 4.39 Å². The van der Waals surface area contributed by atoms with Gasteiger partial charge in [0.2, 0.25) is 0 Å². The van der Waals surface area contributed by atoms with Crippen molar-refractivity contribution in [3.63, 3.8) is 0 Å². The second kappa shape index (κ2) is 7.06. The van der Waals surface area contributed by atoms with Gasteiger partial charge in [-0.15, -0.1) is 11.3 Å². The Morgan fingerprint density at radius 1 is 1.46 bits per heavy atom. The molecule has 0 fully saturated rings. The fraction of sp³-hybridized carbons (Fsp3) is 0.222. The Morgan fingerprint density at radius 2 is 2.23 bits per heavy atom. The van der Waals surface area contributed by atoms with Crippen LogP contribution < -0.4 is 10.9 Å². The Hall–Kier alpha value is -3.05. The molecule has 0 bridgehead atoms. The monoisotopic (exact) mass is 370 g/mol. The van der Waals surface area contributed by atoms with E-state index in [1.165, 1.54) is 27.9 Å². The molecular weight excluding hydrogens is 355 g/mol. The number of thiazole rings is 1. The standard InChI is InChI=1S/C18H15FN4O2S/c1-3-21-17(25)16-10(2)26-18-22-13(8-14(24)23(16)18)7-11-5-4-6-12(9-20)15(11)19/h4-6,8H,3,7H2,1-2H3,(H,21,25). The SMILES string of the molecule is CCNC(=O)c1c(C)sc2nc(Cc3cccc(C#N)c3F)cc(=O)n12. The van der Waals surface area contributed by atoms with Crippen molar-refractivity contribution in [3.8, 4) is 6.07 Å². The molecule has 0 aliphatic rings. The summed E-state index contributed by atoms with van der Waals surface area (Å²) in [7, 11) is 0. The van der Waals surface area contributed by atoms with E-state index in [0.29, 0.717) is 22.1 Å². The number of aromatic nitrogens is 2. The van der Waals surface area contributed by atoms with E-state index in [9.17, 15) is 14.0 Å². The first-order chi connectivity index (χ1) is 12.5. The fourth-order valence-electron chi connectivity index (χ4n) is 2.72. The zero-order valence-electron chi connectivity index (χ0n) is 14.2. The molecule has 2 aromatic heterocycles. The van der Waals surface area contributed by atoms with E-state index in [-0.39, 0.29) is 29.1 Å². The number of amides is 1. The summed E-state index contributed by atoms with van der Waals surface area (Å²) in [5, 5.41) is 11.6. The van der Waals surface area contributed by atoms with Crippen molar-refractivity contribution in [3.05, 3.63) is 67.8 Å². The second-order valence-electron chi connectivity index (χ2n) is 5.64. The van der Waals surface area contributed by atoms with Crippen LogP contribution in [0.25, 0.3) is 4.96 Å². The molecular formula is C18H15FN4O2S. The van der Waals surface area contributed by atoms with E-state index in [1.807, 2.05) is 0 Å². The molecule has 3 aromatic rings. The molecule has 0 saturated heterocycles. The molecule has 0 unspecified atom stereocenters. The quantitative estimate of drug-likeness (QED) is 0.764. The number of nitriles is 1. The fourth-order valence-corrected chi connectivity index (χ4v) is 3.71. The lowest BCUT2D eigenvalue weighted by Crippen LogP contribution is -2.28. The molecule has 0 radical (unpaired) electrons. The average Bonchev–Trinajstić information content (AvgIpc) is 2.93. The summed E-state index contributed by atoms with van der Waals surface area (Å²) in [6, 6.07) is 7.62. The van der Waals surface area contributed by atoms with Crippen LogP contribution >= 0.6 is 11.3 Å². The molecule has 2 heterocycles. The Labute approximate surface area is 152 Å². The van der Waals surface area contributed by atoms with Crippen molar-refractivity contribution in [2.45, 2.75) is 20.3 Å². The van der Waals surface area contributed by atoms with Gasteiger partial charge < -0.3 is 5.32 Å². The average molecular weight is 370 g/mol. The summed E-state index contributed by atoms with van der Waals surface area (Å²) in [5.41, 5.74) is 0.497. The number of fused-ring (bicyclic) bond motifs is 1. The minimum Gasteiger partial charge on any atom is -0.351 e. The maximum absolute atomic E-state index is 14.2. The number of hydrogen-bond acceptors (Lipinski definition) is 5. The molecule has 0 aliphatic carbocycles. The maximum atomic E-state index is 14.2. The van der Waals surface area contributed by atoms with Gasteiger partial charge in [-0.3, -0.25) is 9.59 Å². The smallest absolute Gasteiger partial charge is 0.269 e. The number of nitrogens with one attached hydrogen (secondary N) is 1. The molecule has 8 heteroatoms. The first kappa shape index (κ1) is 17.8. The van der Waals surface area contributed by atoms with Crippen LogP contribution in [0.2, 0.25) is 0 Å². The van der Waals surface area contributed by atoms with E-state index in [4.69, 9.17) is 5.26 Å². The molecule has 1 amide bonds. The predicted molar refractivity (Wildman–Crippen MR) is 96.0 cm³/mol. The maximum Gasteiger partial charge on any atom is 0.269 e. The van der Waals surface area contributed by atoms with E-state index >= 15 is 0 Å². The summed E-state index contributed by atoms with van der Waals surface area (Å²) >= 11 is 1.23. The molecule has 26 heavy (non-hydrogen) atoms. The van der Waals surface area contributed by atoms with Gasteiger partial charge in [-0.1, -0.05) is 12.1 Å². The number of benzene rings is 1. The minimum absolute atomic E-state index is 0.0502. The Balaban J connectivity index is 2.07. The summed E-state index contributed by atoms with van der Waals surface area (Å²) in [4.78, 5) is 30.2. The molecule has 0 spiro atoms. The van der Waals surface area contributed by atoms with Gasteiger partial charge in [-0.2, -0.15) is 5.26 Å². The minimum atomic E-state index is -0.609. The van der Waals surface area contributed by atoms with Gasteiger partial charge in [0, 0.05) is 23.9 Å². The van der Waals surface area contributed by atoms with Crippen molar-refractivity contribution in [2.24, 2.45) is 0 Å². The number of carbonyl (C=O) groups excluding carboxylic acids is 1. The van der Waals surface area contributed by atoms with Gasteiger partial charge in [0.1, 0.15) is 17.6 Å². The Morgan fingerprint density at radius 3 is 2.92 bits per heavy atom. The third-order valence-electron chi connectivity index (χ3n) is 3.87. The van der Waals surface area contributed by atoms with Crippen LogP contribution in [0, 0.1) is 24.1 Å². The third-order valence-corrected chi connectivity index (χ3v) is 4.82. The molecule has 1 aromatic carbocycles. The largest absolute Gasteiger partial charge is 0.351 e. The highest BCUT2D eigenvalue weighted by Crippen LogP contribution is 2.21. The zero-order chi connectivity index (χ0) is 18.8. The van der Waals surface area contributed by atoms with Gasteiger partial charge >= 0.3 is 0 Å². The molecule has 0 aliphatic heterocycles. The predicted octanol–water partition coefficient (Wildman–Crippen LogP) is 2.42. The molecule has 6 nitrogen and oxygen atoms in total. The Kier molecular flexibility index (Phi) is 4.82. The van der Waals surface area contributed by atoms with Crippen LogP contribution in [-0.4, -0.2) is 21.8 Å². The summed E-state index contributed by atoms with van der Waals surface area (Å²) in [6.07, 6.45) is 0.0839. The van der Waals surface area contributed by atoms with E-state index < -0.39 is 11.4 Å². The van der Waals surface area contributed by atoms with E-state index in [0.717, 1.165) is 0 Å². The second-order valence-corrected chi connectivity index (χ2v) is 6.82. The van der Waals surface area contributed by atoms with Crippen molar-refractivity contribution in [1.29, 1.82) is 5.26 Å². The number of nitrogens with zero attached hydrogens (tertiary/aromatic N) is 3. The van der Waals surface area contributed by atoms with Crippen LogP contribution in [0.3, 0.4) is 0 Å². The summed E-state index contributed by atoms with van der Waals surface area (Å²) in [5.74, 6) is -0.942. The number of hydrogen-bond donors (Lipinski definition) is 1. The van der Waals surface area contributed by atoms with Crippen LogP contribution in [-0.2, 0) is 6.42 Å². The van der Waals surface area contributed by atoms with Crippen molar-refractivity contribution >= 4 is 22.2 Å². The summed E-state index contributed by atoms with van der Waals surface area (Å²) < 4.78 is 15.5. The van der Waals surface area contributed by atoms with Crippen LogP contribution in [0.15, 0.2) is 29.1 Å². The molecule has 1 N–H and O–H groups in total. The molecule has 3 rings (SSSR count). The van der Waals surface area contributed by atoms with E-state index in [2.05, 4.69) is 10.3 Å². The highest BCUT2D eigenvalue weighted by Gasteiger charge is 2.19. The lowest BCUT2D eigenvalue weighted by Gasteiger charge is -2.06. The third kappa shape index (κ3) is 3.09. The van der Waals surface area contributed by atoms with Gasteiger partial charge in [0.25, 0.3) is 11.5 Å². The summed E-state index contributed by atoms with van der Waals surface area (Å²) in [6.45, 7) is 3.99. The highest BCUT2D eigenvalue weighted by atomic mass is 32.1. The zero-order valence-corrected chi connectivity index (χ0v) is 15.0. The number of aryl methyl sites for hydroxylation is 1. The van der Waals surface area contributed by atoms with Crippen molar-refractivity contribution in [1.82, 2.24) is 14.7 Å². The Bertz CT molecular complexity index is 1110.